The van der Waals surface area contributed by atoms with Crippen LogP contribution in [0, 0.1) is 5.82 Å². The normalized spacial score (nSPS) is 19.0. The fraction of sp³-hybridized carbons (Fsp3) is 0.308. The summed E-state index contributed by atoms with van der Waals surface area (Å²) in [5.41, 5.74) is 5.24. The third kappa shape index (κ3) is 3.40. The number of pyridine rings is 1. The lowest BCUT2D eigenvalue weighted by molar-refractivity contribution is 0.0578. The number of methoxy groups -OCH3 is 2. The van der Waals surface area contributed by atoms with E-state index < -0.39 is 17.2 Å². The predicted molar refractivity (Wildman–Crippen MR) is 130 cm³/mol. The van der Waals surface area contributed by atoms with Gasteiger partial charge in [-0.3, -0.25) is 15.1 Å². The van der Waals surface area contributed by atoms with Crippen LogP contribution in [0.4, 0.5) is 10.1 Å². The maximum Gasteiger partial charge on any atom is 0.341 e. The summed E-state index contributed by atoms with van der Waals surface area (Å²) in [5, 5.41) is 9.53. The van der Waals surface area contributed by atoms with Gasteiger partial charge in [-0.1, -0.05) is 0 Å². The van der Waals surface area contributed by atoms with E-state index in [2.05, 4.69) is 5.48 Å². The Kier molecular flexibility index (Phi) is 5.15. The van der Waals surface area contributed by atoms with Crippen molar-refractivity contribution < 1.29 is 28.6 Å². The van der Waals surface area contributed by atoms with E-state index in [0.717, 1.165) is 41.5 Å². The summed E-state index contributed by atoms with van der Waals surface area (Å²) >= 11 is 0. The molecule has 36 heavy (non-hydrogen) atoms. The number of hydrogen-bond donors (Lipinski definition) is 2. The minimum atomic E-state index is -1.34. The van der Waals surface area contributed by atoms with E-state index in [-0.39, 0.29) is 34.5 Å². The zero-order valence-corrected chi connectivity index (χ0v) is 19.7. The lowest BCUT2D eigenvalue weighted by atomic mass is 10.1. The number of anilines is 1. The third-order valence-electron chi connectivity index (χ3n) is 7.03. The van der Waals surface area contributed by atoms with Gasteiger partial charge in [-0.25, -0.2) is 9.18 Å². The smallest absolute Gasteiger partial charge is 0.341 e. The van der Waals surface area contributed by atoms with Gasteiger partial charge in [0, 0.05) is 29.9 Å². The van der Waals surface area contributed by atoms with Crippen molar-refractivity contribution >= 4 is 28.3 Å². The summed E-state index contributed by atoms with van der Waals surface area (Å²) < 4.78 is 28.4. The number of aromatic nitrogens is 1. The van der Waals surface area contributed by atoms with Crippen molar-refractivity contribution in [2.24, 2.45) is 0 Å². The van der Waals surface area contributed by atoms with E-state index in [9.17, 15) is 14.7 Å². The molecule has 1 saturated heterocycles. The molecule has 6 rings (SSSR count). The molecule has 1 saturated carbocycles. The molecule has 10 heteroatoms. The Balaban J connectivity index is 1.48. The minimum Gasteiger partial charge on any atom is -0.497 e. The van der Waals surface area contributed by atoms with Gasteiger partial charge >= 0.3 is 5.97 Å². The van der Waals surface area contributed by atoms with Crippen LogP contribution in [0.15, 0.2) is 46.9 Å². The van der Waals surface area contributed by atoms with E-state index in [1.54, 1.807) is 11.7 Å². The quantitative estimate of drug-likeness (QED) is 0.539. The number of carboxylic acids is 1. The van der Waals surface area contributed by atoms with Gasteiger partial charge in [0.05, 0.1) is 37.4 Å². The number of halogens is 1. The molecule has 9 nitrogen and oxygen atoms in total. The summed E-state index contributed by atoms with van der Waals surface area (Å²) in [6, 6.07) is 8.74. The number of fused-ring (bicyclic) bond motifs is 2. The molecule has 0 bridgehead atoms. The lowest BCUT2D eigenvalue weighted by Gasteiger charge is -2.25. The average molecular weight is 493 g/mol. The Labute approximate surface area is 205 Å². The van der Waals surface area contributed by atoms with Crippen molar-refractivity contribution in [3.05, 3.63) is 69.3 Å². The first kappa shape index (κ1) is 22.4. The number of rotatable bonds is 6. The number of carbonyl (C=O) groups is 1. The van der Waals surface area contributed by atoms with E-state index in [1.807, 2.05) is 29.2 Å². The van der Waals surface area contributed by atoms with Gasteiger partial charge in [-0.05, 0) is 43.2 Å². The molecule has 2 aliphatic heterocycles. The molecule has 2 fully saturated rings. The molecule has 3 aromatic rings. The van der Waals surface area contributed by atoms with Gasteiger partial charge in [0.25, 0.3) is 0 Å². The lowest BCUT2D eigenvalue weighted by Crippen LogP contribution is -2.27. The highest BCUT2D eigenvalue weighted by Gasteiger charge is 2.39. The molecule has 2 aromatic carbocycles. The van der Waals surface area contributed by atoms with E-state index in [4.69, 9.17) is 14.3 Å². The number of ether oxygens (including phenoxy) is 2. The second-order valence-electron chi connectivity index (χ2n) is 9.17. The molecule has 1 unspecified atom stereocenters. The van der Waals surface area contributed by atoms with Crippen LogP contribution >= 0.6 is 0 Å². The zero-order valence-electron chi connectivity index (χ0n) is 19.7. The first-order chi connectivity index (χ1) is 17.4. The monoisotopic (exact) mass is 493 g/mol. The van der Waals surface area contributed by atoms with Crippen molar-refractivity contribution in [3.63, 3.8) is 0 Å². The molecule has 3 aliphatic rings. The van der Waals surface area contributed by atoms with Gasteiger partial charge < -0.3 is 24.0 Å². The van der Waals surface area contributed by atoms with E-state index >= 15 is 4.39 Å². The summed E-state index contributed by atoms with van der Waals surface area (Å²) in [6.45, 7) is 0.764. The first-order valence-corrected chi connectivity index (χ1v) is 11.6. The molecular formula is C26H24FN3O6. The maximum atomic E-state index is 15.7. The van der Waals surface area contributed by atoms with Crippen LogP contribution in [0.3, 0.4) is 0 Å². The largest absolute Gasteiger partial charge is 0.497 e. The predicted octanol–water partition coefficient (Wildman–Crippen LogP) is 3.33. The molecule has 186 valence electrons. The Morgan fingerprint density at radius 1 is 1.19 bits per heavy atom. The van der Waals surface area contributed by atoms with Crippen LogP contribution in [-0.2, 0) is 4.84 Å². The van der Waals surface area contributed by atoms with E-state index in [0.29, 0.717) is 18.6 Å². The first-order valence-electron chi connectivity index (χ1n) is 11.6. The molecule has 1 atom stereocenters. The molecule has 0 amide bonds. The summed E-state index contributed by atoms with van der Waals surface area (Å²) in [4.78, 5) is 32.3. The molecule has 0 spiro atoms. The Hall–Kier alpha value is -4.05. The van der Waals surface area contributed by atoms with Crippen LogP contribution < -0.4 is 25.3 Å². The number of benzene rings is 2. The molecule has 0 radical (unpaired) electrons. The van der Waals surface area contributed by atoms with Crippen LogP contribution in [0.5, 0.6) is 11.5 Å². The number of nitrogens with one attached hydrogen (secondary N) is 1. The molecule has 1 aliphatic carbocycles. The Morgan fingerprint density at radius 3 is 2.58 bits per heavy atom. The highest BCUT2D eigenvalue weighted by Crippen LogP contribution is 2.45. The van der Waals surface area contributed by atoms with Crippen LogP contribution in [0.2, 0.25) is 0 Å². The molecule has 3 heterocycles. The van der Waals surface area contributed by atoms with Crippen molar-refractivity contribution in [2.75, 3.05) is 32.2 Å². The average Bonchev–Trinajstić information content (AvgIpc) is 3.52. The molecule has 1 aromatic heterocycles. The second kappa shape index (κ2) is 8.27. The van der Waals surface area contributed by atoms with Gasteiger partial charge in [0.2, 0.25) is 5.43 Å². The van der Waals surface area contributed by atoms with Gasteiger partial charge in [0.1, 0.15) is 23.1 Å². The maximum absolute atomic E-state index is 15.7. The number of hydrogen-bond acceptors (Lipinski definition) is 7. The van der Waals surface area contributed by atoms with Crippen molar-refractivity contribution in [2.45, 2.75) is 25.0 Å². The highest BCUT2D eigenvalue weighted by atomic mass is 19.1. The topological polar surface area (TPSA) is 102 Å². The van der Waals surface area contributed by atoms with Gasteiger partial charge in [-0.15, -0.1) is 0 Å². The van der Waals surface area contributed by atoms with Crippen LogP contribution in [-0.4, -0.2) is 49.1 Å². The molecule has 2 N–H and O–H groups in total. The third-order valence-corrected chi connectivity index (χ3v) is 7.03. The SMILES string of the molecule is COc1ccc(C2=C3CN(c4c(F)cc5c(=O)c(C(=O)O)cn(C6CC6)c5c4OC)CC3ON2)cc1. The van der Waals surface area contributed by atoms with Crippen LogP contribution in [0.1, 0.15) is 34.8 Å². The Bertz CT molecular complexity index is 1490. The number of nitrogens with zero attached hydrogens (tertiary/aromatic N) is 2. The number of carboxylic acid groups (broad SMARTS) is 1. The summed E-state index contributed by atoms with van der Waals surface area (Å²) in [7, 11) is 3.04. The van der Waals surface area contributed by atoms with E-state index in [1.165, 1.54) is 13.3 Å². The van der Waals surface area contributed by atoms with Crippen molar-refractivity contribution in [1.82, 2.24) is 10.0 Å². The number of hydroxylamine groups is 1. The number of aromatic carboxylic acids is 1. The highest BCUT2D eigenvalue weighted by molar-refractivity contribution is 5.97. The fourth-order valence-electron chi connectivity index (χ4n) is 5.12. The summed E-state index contributed by atoms with van der Waals surface area (Å²) in [5.74, 6) is -1.04. The minimum absolute atomic E-state index is 0.00431. The fourth-order valence-corrected chi connectivity index (χ4v) is 5.12. The van der Waals surface area contributed by atoms with Crippen LogP contribution in [0.25, 0.3) is 16.6 Å². The van der Waals surface area contributed by atoms with Gasteiger partial charge in [0.15, 0.2) is 11.6 Å². The summed E-state index contributed by atoms with van der Waals surface area (Å²) in [6.07, 6.45) is 2.75. The Morgan fingerprint density at radius 2 is 1.94 bits per heavy atom. The zero-order chi connectivity index (χ0) is 25.1. The van der Waals surface area contributed by atoms with Gasteiger partial charge in [-0.2, -0.15) is 0 Å². The standard InChI is InChI=1S/C26H24FN3O6/c1-34-15-7-3-13(4-8-15)21-17-10-29(12-20(17)36-28-21)23-19(27)9-16-22(25(23)35-2)30(14-5-6-14)11-18(24(16)31)26(32)33/h3-4,7-9,11,14,20,28H,5-6,10,12H2,1-2H3,(H,32,33). The second-order valence-corrected chi connectivity index (χ2v) is 9.17. The van der Waals surface area contributed by atoms with Crippen molar-refractivity contribution in [1.29, 1.82) is 0 Å². The molecular weight excluding hydrogens is 469 g/mol. The van der Waals surface area contributed by atoms with Crippen molar-refractivity contribution in [3.8, 4) is 11.5 Å².